The van der Waals surface area contributed by atoms with Crippen LogP contribution in [0, 0.1) is 0 Å². The Labute approximate surface area is 136 Å². The van der Waals surface area contributed by atoms with Gasteiger partial charge in [-0.25, -0.2) is 0 Å². The number of nitrogens with one attached hydrogen (secondary N) is 1. The van der Waals surface area contributed by atoms with Gasteiger partial charge in [0.25, 0.3) is 0 Å². The van der Waals surface area contributed by atoms with Crippen LogP contribution in [0.25, 0.3) is 10.9 Å². The van der Waals surface area contributed by atoms with Crippen LogP contribution >= 0.6 is 0 Å². The van der Waals surface area contributed by atoms with E-state index in [0.717, 1.165) is 22.2 Å². The Kier molecular flexibility index (Phi) is 4.38. The highest BCUT2D eigenvalue weighted by Gasteiger charge is 2.22. The van der Waals surface area contributed by atoms with Crippen molar-refractivity contribution in [2.75, 3.05) is 0 Å². The minimum absolute atomic E-state index is 0.0357. The second-order valence-electron chi connectivity index (χ2n) is 5.81. The standard InChI is InChI=1S/C20H20N2O/c1-14(18-13-12-16-8-6-7-11-19(16)22-18)20(21-15(2)23)17-9-4-3-5-10-17/h3-14,20H,1-2H3,(H,21,23)/t14-,20-/m0/s1. The number of nitrogens with zero attached hydrogens (tertiary/aromatic N) is 1. The Morgan fingerprint density at radius 3 is 2.39 bits per heavy atom. The first kappa shape index (κ1) is 15.2. The molecule has 3 nitrogen and oxygen atoms in total. The number of hydrogen-bond acceptors (Lipinski definition) is 2. The first-order valence-corrected chi connectivity index (χ1v) is 7.83. The topological polar surface area (TPSA) is 42.0 Å². The lowest BCUT2D eigenvalue weighted by Crippen LogP contribution is -2.30. The van der Waals surface area contributed by atoms with E-state index in [9.17, 15) is 4.79 Å². The normalized spacial score (nSPS) is 13.5. The highest BCUT2D eigenvalue weighted by Crippen LogP contribution is 2.30. The molecule has 1 heterocycles. The van der Waals surface area contributed by atoms with Gasteiger partial charge in [-0.3, -0.25) is 9.78 Å². The van der Waals surface area contributed by atoms with E-state index in [-0.39, 0.29) is 17.9 Å². The molecule has 0 fully saturated rings. The maximum atomic E-state index is 11.6. The number of rotatable bonds is 4. The van der Waals surface area contributed by atoms with E-state index in [1.165, 1.54) is 0 Å². The molecular weight excluding hydrogens is 284 g/mol. The van der Waals surface area contributed by atoms with Crippen molar-refractivity contribution in [1.29, 1.82) is 0 Å². The summed E-state index contributed by atoms with van der Waals surface area (Å²) in [7, 11) is 0. The summed E-state index contributed by atoms with van der Waals surface area (Å²) >= 11 is 0. The molecule has 0 radical (unpaired) electrons. The summed E-state index contributed by atoms with van der Waals surface area (Å²) in [6.45, 7) is 3.65. The monoisotopic (exact) mass is 304 g/mol. The molecule has 3 heteroatoms. The van der Waals surface area contributed by atoms with E-state index in [4.69, 9.17) is 4.98 Å². The van der Waals surface area contributed by atoms with Gasteiger partial charge in [-0.05, 0) is 17.7 Å². The minimum atomic E-state index is -0.0950. The van der Waals surface area contributed by atoms with Gasteiger partial charge < -0.3 is 5.32 Å². The van der Waals surface area contributed by atoms with Crippen LogP contribution in [-0.2, 0) is 4.79 Å². The lowest BCUT2D eigenvalue weighted by Gasteiger charge is -2.25. The zero-order valence-corrected chi connectivity index (χ0v) is 13.4. The molecule has 0 aliphatic heterocycles. The van der Waals surface area contributed by atoms with E-state index in [0.29, 0.717) is 0 Å². The molecule has 0 aliphatic rings. The molecule has 23 heavy (non-hydrogen) atoms. The summed E-state index contributed by atoms with van der Waals surface area (Å²) in [4.78, 5) is 16.4. The zero-order chi connectivity index (χ0) is 16.2. The number of pyridine rings is 1. The molecule has 3 aromatic rings. The fourth-order valence-corrected chi connectivity index (χ4v) is 2.88. The first-order valence-electron chi connectivity index (χ1n) is 7.83. The highest BCUT2D eigenvalue weighted by atomic mass is 16.1. The summed E-state index contributed by atoms with van der Waals surface area (Å²) in [5.74, 6) is 0.0393. The van der Waals surface area contributed by atoms with Crippen LogP contribution in [-0.4, -0.2) is 10.9 Å². The predicted octanol–water partition coefficient (Wildman–Crippen LogP) is 4.22. The van der Waals surface area contributed by atoms with Crippen LogP contribution in [0.4, 0.5) is 0 Å². The lowest BCUT2D eigenvalue weighted by atomic mass is 9.91. The average molecular weight is 304 g/mol. The SMILES string of the molecule is CC(=O)N[C@H](c1ccccc1)[C@@H](C)c1ccc2ccccc2n1. The summed E-state index contributed by atoms with van der Waals surface area (Å²) in [6.07, 6.45) is 0. The second-order valence-corrected chi connectivity index (χ2v) is 5.81. The van der Waals surface area contributed by atoms with Crippen molar-refractivity contribution in [3.63, 3.8) is 0 Å². The molecule has 0 spiro atoms. The molecular formula is C20H20N2O. The summed E-state index contributed by atoms with van der Waals surface area (Å²) < 4.78 is 0. The van der Waals surface area contributed by atoms with Crippen molar-refractivity contribution >= 4 is 16.8 Å². The van der Waals surface area contributed by atoms with Crippen molar-refractivity contribution in [1.82, 2.24) is 10.3 Å². The quantitative estimate of drug-likeness (QED) is 0.784. The average Bonchev–Trinajstić information content (AvgIpc) is 2.59. The number of benzene rings is 2. The van der Waals surface area contributed by atoms with Crippen molar-refractivity contribution in [2.45, 2.75) is 25.8 Å². The molecule has 1 amide bonds. The second kappa shape index (κ2) is 6.61. The van der Waals surface area contributed by atoms with Gasteiger partial charge in [-0.2, -0.15) is 0 Å². The lowest BCUT2D eigenvalue weighted by molar-refractivity contribution is -0.119. The maximum Gasteiger partial charge on any atom is 0.217 e. The van der Waals surface area contributed by atoms with Crippen LogP contribution < -0.4 is 5.32 Å². The van der Waals surface area contributed by atoms with Gasteiger partial charge in [0, 0.05) is 23.9 Å². The first-order chi connectivity index (χ1) is 11.1. The van der Waals surface area contributed by atoms with Crippen molar-refractivity contribution < 1.29 is 4.79 Å². The summed E-state index contributed by atoms with van der Waals surface area (Å²) in [5.41, 5.74) is 3.04. The largest absolute Gasteiger partial charge is 0.349 e. The molecule has 1 aromatic heterocycles. The Hall–Kier alpha value is -2.68. The molecule has 0 saturated carbocycles. The van der Waals surface area contributed by atoms with Crippen LogP contribution in [0.5, 0.6) is 0 Å². The molecule has 0 bridgehead atoms. The smallest absolute Gasteiger partial charge is 0.217 e. The van der Waals surface area contributed by atoms with Crippen molar-refractivity contribution in [2.24, 2.45) is 0 Å². The van der Waals surface area contributed by atoms with Crippen LogP contribution in [0.1, 0.15) is 37.1 Å². The molecule has 116 valence electrons. The fraction of sp³-hybridized carbons (Fsp3) is 0.200. The number of aromatic nitrogens is 1. The fourth-order valence-electron chi connectivity index (χ4n) is 2.88. The Morgan fingerprint density at radius 2 is 1.65 bits per heavy atom. The van der Waals surface area contributed by atoms with Crippen LogP contribution in [0.3, 0.4) is 0 Å². The van der Waals surface area contributed by atoms with E-state index in [1.807, 2.05) is 54.6 Å². The van der Waals surface area contributed by atoms with Gasteiger partial charge in [0.2, 0.25) is 5.91 Å². The molecule has 0 unspecified atom stereocenters. The zero-order valence-electron chi connectivity index (χ0n) is 13.4. The Bertz CT molecular complexity index is 814. The third-order valence-electron chi connectivity index (χ3n) is 4.10. The number of carbonyl (C=O) groups excluding carboxylic acids is 1. The predicted molar refractivity (Wildman–Crippen MR) is 93.2 cm³/mol. The molecule has 0 aliphatic carbocycles. The van der Waals surface area contributed by atoms with Crippen LogP contribution in [0.2, 0.25) is 0 Å². The van der Waals surface area contributed by atoms with Gasteiger partial charge in [0.05, 0.1) is 11.6 Å². The van der Waals surface area contributed by atoms with E-state index >= 15 is 0 Å². The van der Waals surface area contributed by atoms with E-state index < -0.39 is 0 Å². The van der Waals surface area contributed by atoms with Gasteiger partial charge in [0.1, 0.15) is 0 Å². The van der Waals surface area contributed by atoms with Gasteiger partial charge in [-0.1, -0.05) is 61.5 Å². The Morgan fingerprint density at radius 1 is 0.957 bits per heavy atom. The molecule has 0 saturated heterocycles. The molecule has 3 rings (SSSR count). The van der Waals surface area contributed by atoms with Gasteiger partial charge in [-0.15, -0.1) is 0 Å². The molecule has 2 aromatic carbocycles. The molecule has 1 N–H and O–H groups in total. The minimum Gasteiger partial charge on any atom is -0.349 e. The number of fused-ring (bicyclic) bond motifs is 1. The number of para-hydroxylation sites is 1. The van der Waals surface area contributed by atoms with Gasteiger partial charge in [0.15, 0.2) is 0 Å². The van der Waals surface area contributed by atoms with Crippen molar-refractivity contribution in [3.05, 3.63) is 78.0 Å². The number of hydrogen-bond donors (Lipinski definition) is 1. The molecule has 2 atom stereocenters. The summed E-state index contributed by atoms with van der Waals surface area (Å²) in [5, 5.41) is 4.19. The van der Waals surface area contributed by atoms with E-state index in [2.05, 4.69) is 24.4 Å². The highest BCUT2D eigenvalue weighted by molar-refractivity contribution is 5.78. The Balaban J connectivity index is 1.98. The summed E-state index contributed by atoms with van der Waals surface area (Å²) in [6, 6.07) is 22.2. The third-order valence-corrected chi connectivity index (χ3v) is 4.10. The van der Waals surface area contributed by atoms with Gasteiger partial charge >= 0.3 is 0 Å². The number of carbonyl (C=O) groups is 1. The van der Waals surface area contributed by atoms with Crippen LogP contribution in [0.15, 0.2) is 66.7 Å². The van der Waals surface area contributed by atoms with E-state index in [1.54, 1.807) is 6.92 Å². The number of amides is 1. The van der Waals surface area contributed by atoms with Crippen molar-refractivity contribution in [3.8, 4) is 0 Å². The maximum absolute atomic E-state index is 11.6. The third kappa shape index (κ3) is 3.39.